The van der Waals surface area contributed by atoms with Gasteiger partial charge < -0.3 is 4.74 Å². The molecule has 0 saturated heterocycles. The zero-order valence-electron chi connectivity index (χ0n) is 13.9. The summed E-state index contributed by atoms with van der Waals surface area (Å²) in [7, 11) is 0. The van der Waals surface area contributed by atoms with Crippen LogP contribution in [0.15, 0.2) is 33.4 Å². The van der Waals surface area contributed by atoms with Crippen LogP contribution in [0.25, 0.3) is 0 Å². The molecule has 23 heavy (non-hydrogen) atoms. The third-order valence-corrected chi connectivity index (χ3v) is 4.38. The maximum atomic E-state index is 11.8. The molecule has 1 amide bonds. The summed E-state index contributed by atoms with van der Waals surface area (Å²) in [5, 5.41) is 4.05. The average molecular weight is 379 g/mol. The molecule has 1 aromatic rings. The SMILES string of the molecule is CC1=CCC(/C=N\NC(=O)COc2c(C)cc(Br)cc2C)CC1. The van der Waals surface area contributed by atoms with Gasteiger partial charge in [0.25, 0.3) is 5.91 Å². The van der Waals surface area contributed by atoms with Crippen LogP contribution in [0.2, 0.25) is 0 Å². The van der Waals surface area contributed by atoms with Crippen molar-refractivity contribution in [3.8, 4) is 5.75 Å². The van der Waals surface area contributed by atoms with Crippen molar-refractivity contribution in [2.45, 2.75) is 40.0 Å². The van der Waals surface area contributed by atoms with Gasteiger partial charge in [-0.25, -0.2) is 5.43 Å². The number of benzene rings is 1. The summed E-state index contributed by atoms with van der Waals surface area (Å²) in [6, 6.07) is 3.94. The second-order valence-corrected chi connectivity index (χ2v) is 6.97. The van der Waals surface area contributed by atoms with Crippen molar-refractivity contribution >= 4 is 28.1 Å². The van der Waals surface area contributed by atoms with Gasteiger partial charge in [0.15, 0.2) is 6.61 Å². The first-order valence-electron chi connectivity index (χ1n) is 7.83. The van der Waals surface area contributed by atoms with E-state index < -0.39 is 0 Å². The Morgan fingerprint density at radius 1 is 1.39 bits per heavy atom. The second-order valence-electron chi connectivity index (χ2n) is 6.06. The Hall–Kier alpha value is -1.62. The van der Waals surface area contributed by atoms with Gasteiger partial charge in [-0.05, 0) is 69.2 Å². The molecular weight excluding hydrogens is 356 g/mol. The van der Waals surface area contributed by atoms with Gasteiger partial charge in [-0.2, -0.15) is 5.10 Å². The summed E-state index contributed by atoms with van der Waals surface area (Å²) in [5.41, 5.74) is 5.97. The number of hydrogen-bond acceptors (Lipinski definition) is 3. The van der Waals surface area contributed by atoms with E-state index in [1.165, 1.54) is 5.57 Å². The van der Waals surface area contributed by atoms with Gasteiger partial charge >= 0.3 is 0 Å². The standard InChI is InChI=1S/C18H23BrN2O2/c1-12-4-6-15(7-5-12)10-20-21-17(22)11-23-18-13(2)8-16(19)9-14(18)3/h4,8-10,15H,5-7,11H2,1-3H3,(H,21,22)/b20-10-. The molecule has 0 aromatic heterocycles. The van der Waals surface area contributed by atoms with Crippen LogP contribution in [0, 0.1) is 19.8 Å². The minimum atomic E-state index is -0.245. The maximum Gasteiger partial charge on any atom is 0.277 e. The molecule has 4 nitrogen and oxygen atoms in total. The third-order valence-electron chi connectivity index (χ3n) is 3.93. The van der Waals surface area contributed by atoms with Crippen LogP contribution in [0.4, 0.5) is 0 Å². The van der Waals surface area contributed by atoms with Gasteiger partial charge in [0, 0.05) is 10.7 Å². The number of aryl methyl sites for hydroxylation is 2. The van der Waals surface area contributed by atoms with Gasteiger partial charge in [-0.1, -0.05) is 27.6 Å². The highest BCUT2D eigenvalue weighted by Crippen LogP contribution is 2.27. The lowest BCUT2D eigenvalue weighted by molar-refractivity contribution is -0.123. The normalized spacial score (nSPS) is 17.9. The molecule has 0 bridgehead atoms. The Balaban J connectivity index is 1.80. The minimum Gasteiger partial charge on any atom is -0.483 e. The molecule has 1 aliphatic rings. The summed E-state index contributed by atoms with van der Waals surface area (Å²) in [6.07, 6.45) is 7.27. The van der Waals surface area contributed by atoms with Crippen LogP contribution < -0.4 is 10.2 Å². The van der Waals surface area contributed by atoms with Crippen molar-refractivity contribution in [2.24, 2.45) is 11.0 Å². The van der Waals surface area contributed by atoms with Crippen molar-refractivity contribution in [3.05, 3.63) is 39.4 Å². The first-order chi connectivity index (χ1) is 11.0. The maximum absolute atomic E-state index is 11.8. The summed E-state index contributed by atoms with van der Waals surface area (Å²) in [4.78, 5) is 11.8. The number of carbonyl (C=O) groups excluding carboxylic acids is 1. The number of amides is 1. The van der Waals surface area contributed by atoms with Crippen molar-refractivity contribution in [1.29, 1.82) is 0 Å². The van der Waals surface area contributed by atoms with Crippen LogP contribution >= 0.6 is 15.9 Å². The lowest BCUT2D eigenvalue weighted by atomic mass is 9.91. The fourth-order valence-electron chi connectivity index (χ4n) is 2.63. The summed E-state index contributed by atoms with van der Waals surface area (Å²) >= 11 is 3.44. The van der Waals surface area contributed by atoms with E-state index in [2.05, 4.69) is 39.5 Å². The molecule has 5 heteroatoms. The number of rotatable bonds is 5. The molecule has 0 radical (unpaired) electrons. The van der Waals surface area contributed by atoms with Gasteiger partial charge in [0.1, 0.15) is 5.75 Å². The highest BCUT2D eigenvalue weighted by Gasteiger charge is 2.11. The fourth-order valence-corrected chi connectivity index (χ4v) is 3.32. The topological polar surface area (TPSA) is 50.7 Å². The van der Waals surface area contributed by atoms with E-state index >= 15 is 0 Å². The molecule has 1 aromatic carbocycles. The predicted molar refractivity (Wildman–Crippen MR) is 96.8 cm³/mol. The number of ether oxygens (including phenoxy) is 1. The van der Waals surface area contributed by atoms with Crippen molar-refractivity contribution in [2.75, 3.05) is 6.61 Å². The Morgan fingerprint density at radius 2 is 2.09 bits per heavy atom. The number of hydrazone groups is 1. The molecule has 1 unspecified atom stereocenters. The van der Waals surface area contributed by atoms with E-state index in [-0.39, 0.29) is 12.5 Å². The van der Waals surface area contributed by atoms with Gasteiger partial charge in [-0.15, -0.1) is 0 Å². The lowest BCUT2D eigenvalue weighted by Crippen LogP contribution is -2.25. The number of nitrogens with zero attached hydrogens (tertiary/aromatic N) is 1. The Kier molecular flexibility index (Phi) is 6.39. The van der Waals surface area contributed by atoms with Crippen molar-refractivity contribution in [3.63, 3.8) is 0 Å². The van der Waals surface area contributed by atoms with Crippen LogP contribution in [-0.4, -0.2) is 18.7 Å². The smallest absolute Gasteiger partial charge is 0.277 e. The molecule has 124 valence electrons. The summed E-state index contributed by atoms with van der Waals surface area (Å²) in [6.45, 7) is 6.03. The monoisotopic (exact) mass is 378 g/mol. The molecule has 0 saturated carbocycles. The molecule has 0 heterocycles. The molecular formula is C18H23BrN2O2. The van der Waals surface area contributed by atoms with Gasteiger partial charge in [-0.3, -0.25) is 4.79 Å². The van der Waals surface area contributed by atoms with Gasteiger partial charge in [0.05, 0.1) is 0 Å². The highest BCUT2D eigenvalue weighted by molar-refractivity contribution is 9.10. The van der Waals surface area contributed by atoms with Crippen LogP contribution in [0.1, 0.15) is 37.3 Å². The molecule has 1 N–H and O–H groups in total. The number of hydrogen-bond donors (Lipinski definition) is 1. The largest absolute Gasteiger partial charge is 0.483 e. The van der Waals surface area contributed by atoms with Gasteiger partial charge in [0.2, 0.25) is 0 Å². The number of carbonyl (C=O) groups is 1. The summed E-state index contributed by atoms with van der Waals surface area (Å²) in [5.74, 6) is 0.918. The van der Waals surface area contributed by atoms with Crippen LogP contribution in [-0.2, 0) is 4.79 Å². The van der Waals surface area contributed by atoms with E-state index in [0.717, 1.165) is 40.6 Å². The van der Waals surface area contributed by atoms with E-state index in [1.54, 1.807) is 0 Å². The quantitative estimate of drug-likeness (QED) is 0.471. The van der Waals surface area contributed by atoms with Crippen molar-refractivity contribution < 1.29 is 9.53 Å². The molecule has 1 aliphatic carbocycles. The summed E-state index contributed by atoms with van der Waals surface area (Å²) < 4.78 is 6.63. The van der Waals surface area contributed by atoms with E-state index in [0.29, 0.717) is 5.92 Å². The molecule has 0 aliphatic heterocycles. The molecule has 0 spiro atoms. The second kappa shape index (κ2) is 8.29. The number of allylic oxidation sites excluding steroid dienone is 2. The van der Waals surface area contributed by atoms with Crippen LogP contribution in [0.3, 0.4) is 0 Å². The van der Waals surface area contributed by atoms with E-state index in [9.17, 15) is 4.79 Å². The number of nitrogens with one attached hydrogen (secondary N) is 1. The Labute approximate surface area is 146 Å². The lowest BCUT2D eigenvalue weighted by Gasteiger charge is -2.15. The zero-order valence-corrected chi connectivity index (χ0v) is 15.4. The van der Waals surface area contributed by atoms with E-state index in [4.69, 9.17) is 4.74 Å². The average Bonchev–Trinajstić information content (AvgIpc) is 2.48. The minimum absolute atomic E-state index is 0.0374. The molecule has 2 rings (SSSR count). The zero-order chi connectivity index (χ0) is 16.8. The third kappa shape index (κ3) is 5.50. The Bertz CT molecular complexity index is 615. The Morgan fingerprint density at radius 3 is 2.70 bits per heavy atom. The molecule has 1 atom stereocenters. The van der Waals surface area contributed by atoms with E-state index in [1.807, 2.05) is 32.2 Å². The van der Waals surface area contributed by atoms with Crippen molar-refractivity contribution in [1.82, 2.24) is 5.43 Å². The molecule has 0 fully saturated rings. The predicted octanol–water partition coefficient (Wildman–Crippen LogP) is 4.29. The first-order valence-corrected chi connectivity index (χ1v) is 8.62. The fraction of sp³-hybridized carbons (Fsp3) is 0.444. The van der Waals surface area contributed by atoms with Crippen LogP contribution in [0.5, 0.6) is 5.75 Å². The first kappa shape index (κ1) is 17.7. The highest BCUT2D eigenvalue weighted by atomic mass is 79.9. The number of halogens is 1.